The summed E-state index contributed by atoms with van der Waals surface area (Å²) in [5.41, 5.74) is 4.16. The van der Waals surface area contributed by atoms with Crippen LogP contribution in [0.3, 0.4) is 0 Å². The number of pyridine rings is 1. The minimum Gasteiger partial charge on any atom is -0.497 e. The lowest BCUT2D eigenvalue weighted by Gasteiger charge is -2.51. The Balaban J connectivity index is 1.61. The number of methoxy groups -OCH3 is 1. The number of aliphatic hydroxyl groups excluding tert-OH is 1. The Labute approximate surface area is 189 Å². The van der Waals surface area contributed by atoms with Gasteiger partial charge in [0.1, 0.15) is 11.6 Å². The zero-order valence-electron chi connectivity index (χ0n) is 19.0. The third-order valence-electron chi connectivity index (χ3n) is 7.66. The minimum atomic E-state index is -0.618. The number of aryl methyl sites for hydroxylation is 1. The summed E-state index contributed by atoms with van der Waals surface area (Å²) >= 11 is 0. The number of benzene rings is 2. The predicted molar refractivity (Wildman–Crippen MR) is 125 cm³/mol. The molecule has 5 heteroatoms. The second kappa shape index (κ2) is 8.45. The largest absolute Gasteiger partial charge is 0.497 e. The maximum atomic E-state index is 13.7. The van der Waals surface area contributed by atoms with Crippen molar-refractivity contribution in [3.05, 3.63) is 59.4 Å². The Morgan fingerprint density at radius 1 is 1.22 bits per heavy atom. The van der Waals surface area contributed by atoms with E-state index in [4.69, 9.17) is 9.72 Å². The SMILES string of the molecule is CC[C@H]1CN2CC[C@H]1C[C@H]2[C@H](O)c1cc(-c2ccc(F)cc2C)nc2ccc(OC)cc12. The molecule has 4 nitrogen and oxygen atoms in total. The van der Waals surface area contributed by atoms with E-state index in [0.29, 0.717) is 5.92 Å². The molecule has 0 saturated carbocycles. The number of hydrogen-bond donors (Lipinski definition) is 1. The summed E-state index contributed by atoms with van der Waals surface area (Å²) in [6.07, 6.45) is 2.84. The van der Waals surface area contributed by atoms with Gasteiger partial charge in [-0.05, 0) is 91.7 Å². The first-order valence-electron chi connectivity index (χ1n) is 11.7. The van der Waals surface area contributed by atoms with Crippen molar-refractivity contribution in [3.63, 3.8) is 0 Å². The standard InChI is InChI=1S/C27H31FN2O2/c1-4-17-15-30-10-9-18(17)12-26(30)27(31)23-14-25(21-7-5-19(28)11-16(21)2)29-24-8-6-20(32-3)13-22(23)24/h5-8,11,13-14,17-18,26-27,31H,4,9-10,12,15H2,1-3H3/t17-,18-,26-,27+/m0/s1. The maximum Gasteiger partial charge on any atom is 0.123 e. The van der Waals surface area contributed by atoms with Gasteiger partial charge in [-0.15, -0.1) is 0 Å². The quantitative estimate of drug-likeness (QED) is 0.575. The van der Waals surface area contributed by atoms with E-state index in [1.165, 1.54) is 25.0 Å². The van der Waals surface area contributed by atoms with Gasteiger partial charge in [-0.2, -0.15) is 0 Å². The monoisotopic (exact) mass is 434 g/mol. The summed E-state index contributed by atoms with van der Waals surface area (Å²) in [4.78, 5) is 7.35. The Kier molecular flexibility index (Phi) is 5.64. The predicted octanol–water partition coefficient (Wildman–Crippen LogP) is 5.51. The highest BCUT2D eigenvalue weighted by atomic mass is 19.1. The van der Waals surface area contributed by atoms with Gasteiger partial charge in [0.2, 0.25) is 0 Å². The van der Waals surface area contributed by atoms with Crippen molar-refractivity contribution in [1.29, 1.82) is 0 Å². The van der Waals surface area contributed by atoms with E-state index in [1.807, 2.05) is 31.2 Å². The highest BCUT2D eigenvalue weighted by molar-refractivity contribution is 5.87. The third-order valence-corrected chi connectivity index (χ3v) is 7.66. The van der Waals surface area contributed by atoms with Gasteiger partial charge in [-0.3, -0.25) is 4.90 Å². The Morgan fingerprint density at radius 3 is 2.75 bits per heavy atom. The molecule has 3 saturated heterocycles. The zero-order valence-corrected chi connectivity index (χ0v) is 19.0. The normalized spacial score (nSPS) is 25.8. The number of halogens is 1. The van der Waals surface area contributed by atoms with Crippen LogP contribution in [0.2, 0.25) is 0 Å². The molecule has 168 valence electrons. The molecule has 3 aromatic rings. The lowest BCUT2D eigenvalue weighted by Crippen LogP contribution is -2.55. The van der Waals surface area contributed by atoms with Crippen LogP contribution in [-0.4, -0.2) is 41.2 Å². The number of ether oxygens (including phenoxy) is 1. The van der Waals surface area contributed by atoms with E-state index in [9.17, 15) is 9.50 Å². The molecule has 1 N–H and O–H groups in total. The summed E-state index contributed by atoms with van der Waals surface area (Å²) in [5.74, 6) is 1.91. The van der Waals surface area contributed by atoms with Crippen LogP contribution in [0.1, 0.15) is 43.4 Å². The van der Waals surface area contributed by atoms with Crippen LogP contribution in [0.5, 0.6) is 5.75 Å². The highest BCUT2D eigenvalue weighted by Crippen LogP contribution is 2.43. The molecule has 3 aliphatic heterocycles. The van der Waals surface area contributed by atoms with E-state index < -0.39 is 6.10 Å². The average molecular weight is 435 g/mol. The van der Waals surface area contributed by atoms with E-state index in [0.717, 1.165) is 64.5 Å². The van der Waals surface area contributed by atoms with Gasteiger partial charge in [-0.1, -0.05) is 13.3 Å². The topological polar surface area (TPSA) is 45.6 Å². The van der Waals surface area contributed by atoms with Crippen LogP contribution in [-0.2, 0) is 0 Å². The van der Waals surface area contributed by atoms with Gasteiger partial charge >= 0.3 is 0 Å². The van der Waals surface area contributed by atoms with Crippen LogP contribution in [0.15, 0.2) is 42.5 Å². The third kappa shape index (κ3) is 3.67. The van der Waals surface area contributed by atoms with Crippen molar-refractivity contribution in [1.82, 2.24) is 9.88 Å². The number of nitrogens with zero attached hydrogens (tertiary/aromatic N) is 2. The fourth-order valence-corrected chi connectivity index (χ4v) is 5.83. The second-order valence-electron chi connectivity index (χ2n) is 9.40. The van der Waals surface area contributed by atoms with Crippen molar-refractivity contribution in [2.75, 3.05) is 20.2 Å². The van der Waals surface area contributed by atoms with Gasteiger partial charge in [0, 0.05) is 23.5 Å². The number of hydrogen-bond acceptors (Lipinski definition) is 4. The molecule has 5 atom stereocenters. The van der Waals surface area contributed by atoms with Crippen molar-refractivity contribution in [2.24, 2.45) is 11.8 Å². The molecule has 4 heterocycles. The summed E-state index contributed by atoms with van der Waals surface area (Å²) in [6, 6.07) is 12.7. The summed E-state index contributed by atoms with van der Waals surface area (Å²) in [5, 5.41) is 12.6. The van der Waals surface area contributed by atoms with Crippen LogP contribution in [0.4, 0.5) is 4.39 Å². The molecule has 32 heavy (non-hydrogen) atoms. The van der Waals surface area contributed by atoms with Crippen molar-refractivity contribution in [2.45, 2.75) is 45.3 Å². The summed E-state index contributed by atoms with van der Waals surface area (Å²) in [6.45, 7) is 6.29. The summed E-state index contributed by atoms with van der Waals surface area (Å²) < 4.78 is 19.2. The summed E-state index contributed by atoms with van der Waals surface area (Å²) in [7, 11) is 1.65. The number of fused-ring (bicyclic) bond motifs is 4. The molecule has 0 spiro atoms. The van der Waals surface area contributed by atoms with Crippen LogP contribution >= 0.6 is 0 Å². The van der Waals surface area contributed by atoms with Crippen molar-refractivity contribution < 1.29 is 14.2 Å². The van der Waals surface area contributed by atoms with Crippen LogP contribution in [0, 0.1) is 24.6 Å². The maximum absolute atomic E-state index is 13.7. The number of piperidine rings is 3. The molecule has 0 radical (unpaired) electrons. The van der Waals surface area contributed by atoms with E-state index in [-0.39, 0.29) is 11.9 Å². The second-order valence-corrected chi connectivity index (χ2v) is 9.40. The lowest BCUT2D eigenvalue weighted by atomic mass is 9.72. The minimum absolute atomic E-state index is 0.107. The first-order valence-corrected chi connectivity index (χ1v) is 11.7. The first kappa shape index (κ1) is 21.4. The highest BCUT2D eigenvalue weighted by Gasteiger charge is 2.42. The van der Waals surface area contributed by atoms with Crippen LogP contribution in [0.25, 0.3) is 22.2 Å². The number of rotatable bonds is 5. The first-order chi connectivity index (χ1) is 15.5. The Bertz CT molecular complexity index is 1150. The van der Waals surface area contributed by atoms with E-state index in [1.54, 1.807) is 13.2 Å². The molecule has 3 fully saturated rings. The molecule has 2 aromatic carbocycles. The molecule has 1 unspecified atom stereocenters. The van der Waals surface area contributed by atoms with Gasteiger partial charge in [-0.25, -0.2) is 9.37 Å². The molecule has 0 aliphatic carbocycles. The smallest absolute Gasteiger partial charge is 0.123 e. The van der Waals surface area contributed by atoms with Gasteiger partial charge in [0.15, 0.2) is 0 Å². The molecule has 6 rings (SSSR count). The number of aromatic nitrogens is 1. The Hall–Kier alpha value is -2.50. The van der Waals surface area contributed by atoms with Crippen LogP contribution < -0.4 is 4.74 Å². The fraction of sp³-hybridized carbons (Fsp3) is 0.444. The molecule has 1 aromatic heterocycles. The average Bonchev–Trinajstić information content (AvgIpc) is 2.82. The van der Waals surface area contributed by atoms with Crippen molar-refractivity contribution in [3.8, 4) is 17.0 Å². The molecular weight excluding hydrogens is 403 g/mol. The molecule has 0 amide bonds. The Morgan fingerprint density at radius 2 is 2.06 bits per heavy atom. The number of aliphatic hydroxyl groups is 1. The fourth-order valence-electron chi connectivity index (χ4n) is 5.83. The van der Waals surface area contributed by atoms with Gasteiger partial charge in [0.25, 0.3) is 0 Å². The van der Waals surface area contributed by atoms with Gasteiger partial charge in [0.05, 0.1) is 24.4 Å². The molecular formula is C27H31FN2O2. The van der Waals surface area contributed by atoms with E-state index >= 15 is 0 Å². The molecule has 2 bridgehead atoms. The van der Waals surface area contributed by atoms with Gasteiger partial charge < -0.3 is 9.84 Å². The lowest BCUT2D eigenvalue weighted by molar-refractivity contribution is -0.0562. The van der Waals surface area contributed by atoms with Crippen molar-refractivity contribution >= 4 is 10.9 Å². The molecule has 3 aliphatic rings. The zero-order chi connectivity index (χ0) is 22.4. The van der Waals surface area contributed by atoms with E-state index in [2.05, 4.69) is 11.8 Å².